The maximum absolute atomic E-state index is 12.7. The Labute approximate surface area is 161 Å². The van der Waals surface area contributed by atoms with Crippen molar-refractivity contribution in [2.24, 2.45) is 0 Å². The van der Waals surface area contributed by atoms with Gasteiger partial charge in [0.25, 0.3) is 5.91 Å². The normalized spacial score (nSPS) is 11.7. The number of likely N-dealkylation sites (N-methyl/N-ethyl adjacent to an activating group) is 1. The number of amides is 1. The number of benzene rings is 2. The number of carbonyl (C=O) groups is 2. The van der Waals surface area contributed by atoms with Crippen LogP contribution in [-0.2, 0) is 4.79 Å². The van der Waals surface area contributed by atoms with Crippen LogP contribution in [-0.4, -0.2) is 47.3 Å². The van der Waals surface area contributed by atoms with Crippen molar-refractivity contribution >= 4 is 35.2 Å². The van der Waals surface area contributed by atoms with Crippen LogP contribution < -0.4 is 4.74 Å². The first kappa shape index (κ1) is 20.1. The van der Waals surface area contributed by atoms with Gasteiger partial charge in [0.1, 0.15) is 17.6 Å². The first-order valence-electron chi connectivity index (χ1n) is 8.01. The topological polar surface area (TPSA) is 66.8 Å². The van der Waals surface area contributed by atoms with E-state index in [0.717, 1.165) is 11.8 Å². The van der Waals surface area contributed by atoms with Crippen molar-refractivity contribution in [3.8, 4) is 5.75 Å². The summed E-state index contributed by atoms with van der Waals surface area (Å²) in [7, 11) is 1.69. The number of hydrogen-bond acceptors (Lipinski definition) is 4. The molecular formula is C19H20ClNO4S. The second-order valence-corrected chi connectivity index (χ2v) is 7.45. The van der Waals surface area contributed by atoms with Crippen LogP contribution >= 0.6 is 23.4 Å². The van der Waals surface area contributed by atoms with Gasteiger partial charge < -0.3 is 14.7 Å². The highest BCUT2D eigenvalue weighted by Crippen LogP contribution is 2.27. The summed E-state index contributed by atoms with van der Waals surface area (Å²) in [6, 6.07) is 14.1. The predicted octanol–water partition coefficient (Wildman–Crippen LogP) is 4.06. The Bertz CT molecular complexity index is 784. The molecule has 7 heteroatoms. The lowest BCUT2D eigenvalue weighted by molar-refractivity contribution is -0.136. The van der Waals surface area contributed by atoms with E-state index in [4.69, 9.17) is 21.4 Å². The molecule has 0 heterocycles. The fourth-order valence-electron chi connectivity index (χ4n) is 2.15. The van der Waals surface area contributed by atoms with Gasteiger partial charge in [-0.25, -0.2) is 0 Å². The Morgan fingerprint density at radius 2 is 1.96 bits per heavy atom. The average molecular weight is 394 g/mol. The lowest BCUT2D eigenvalue weighted by Gasteiger charge is -2.19. The SMILES string of the molecule is CC(Sc1ccccc1C(=O)N(C)CCOc1cccc(Cl)c1)C(=O)O. The highest BCUT2D eigenvalue weighted by atomic mass is 35.5. The highest BCUT2D eigenvalue weighted by Gasteiger charge is 2.19. The van der Waals surface area contributed by atoms with Gasteiger partial charge >= 0.3 is 5.97 Å². The van der Waals surface area contributed by atoms with Gasteiger partial charge in [0.2, 0.25) is 0 Å². The second kappa shape index (κ2) is 9.50. The van der Waals surface area contributed by atoms with Crippen molar-refractivity contribution in [1.29, 1.82) is 0 Å². The molecule has 0 aliphatic carbocycles. The zero-order chi connectivity index (χ0) is 19.1. The molecular weight excluding hydrogens is 374 g/mol. The summed E-state index contributed by atoms with van der Waals surface area (Å²) in [6.07, 6.45) is 0. The van der Waals surface area contributed by atoms with E-state index in [-0.39, 0.29) is 5.91 Å². The minimum Gasteiger partial charge on any atom is -0.492 e. The van der Waals surface area contributed by atoms with E-state index in [1.807, 2.05) is 0 Å². The maximum Gasteiger partial charge on any atom is 0.316 e. The van der Waals surface area contributed by atoms with Crippen molar-refractivity contribution in [1.82, 2.24) is 4.90 Å². The minimum atomic E-state index is -0.916. The van der Waals surface area contributed by atoms with Gasteiger partial charge in [-0.05, 0) is 37.3 Å². The fraction of sp³-hybridized carbons (Fsp3) is 0.263. The highest BCUT2D eigenvalue weighted by molar-refractivity contribution is 8.00. The fourth-order valence-corrected chi connectivity index (χ4v) is 3.25. The van der Waals surface area contributed by atoms with Gasteiger partial charge in [-0.3, -0.25) is 9.59 Å². The van der Waals surface area contributed by atoms with E-state index in [9.17, 15) is 9.59 Å². The molecule has 1 atom stereocenters. The zero-order valence-corrected chi connectivity index (χ0v) is 16.1. The first-order valence-corrected chi connectivity index (χ1v) is 9.26. The Kier molecular flexibility index (Phi) is 7.36. The lowest BCUT2D eigenvalue weighted by atomic mass is 10.2. The number of hydrogen-bond donors (Lipinski definition) is 1. The number of ether oxygens (including phenoxy) is 1. The van der Waals surface area contributed by atoms with Crippen LogP contribution in [0.15, 0.2) is 53.4 Å². The van der Waals surface area contributed by atoms with E-state index < -0.39 is 11.2 Å². The lowest BCUT2D eigenvalue weighted by Crippen LogP contribution is -2.31. The van der Waals surface area contributed by atoms with Gasteiger partial charge in [0, 0.05) is 17.0 Å². The Morgan fingerprint density at radius 1 is 1.23 bits per heavy atom. The number of halogens is 1. The molecule has 138 valence electrons. The van der Waals surface area contributed by atoms with Crippen molar-refractivity contribution < 1.29 is 19.4 Å². The molecule has 0 saturated carbocycles. The van der Waals surface area contributed by atoms with E-state index in [2.05, 4.69) is 0 Å². The number of carboxylic acid groups (broad SMARTS) is 1. The number of aliphatic carboxylic acids is 1. The minimum absolute atomic E-state index is 0.180. The van der Waals surface area contributed by atoms with E-state index in [1.54, 1.807) is 67.4 Å². The molecule has 0 fully saturated rings. The molecule has 0 aliphatic heterocycles. The number of thioether (sulfide) groups is 1. The van der Waals surface area contributed by atoms with Gasteiger partial charge in [-0.2, -0.15) is 0 Å². The monoisotopic (exact) mass is 393 g/mol. The molecule has 1 unspecified atom stereocenters. The standard InChI is InChI=1S/C19H20ClNO4S/c1-13(19(23)24)26-17-9-4-3-8-16(17)18(22)21(2)10-11-25-15-7-5-6-14(20)12-15/h3-9,12-13H,10-11H2,1-2H3,(H,23,24). The molecule has 0 aliphatic rings. The summed E-state index contributed by atoms with van der Waals surface area (Å²) in [4.78, 5) is 26.0. The zero-order valence-electron chi connectivity index (χ0n) is 14.5. The molecule has 2 rings (SSSR count). The van der Waals surface area contributed by atoms with Crippen LogP contribution in [0.25, 0.3) is 0 Å². The molecule has 0 saturated heterocycles. The van der Waals surface area contributed by atoms with Crippen molar-refractivity contribution in [2.45, 2.75) is 17.1 Å². The van der Waals surface area contributed by atoms with Crippen molar-refractivity contribution in [2.75, 3.05) is 20.2 Å². The summed E-state index contributed by atoms with van der Waals surface area (Å²) >= 11 is 7.06. The molecule has 1 amide bonds. The molecule has 2 aromatic rings. The van der Waals surface area contributed by atoms with Crippen LogP contribution in [0.2, 0.25) is 5.02 Å². The molecule has 0 bridgehead atoms. The van der Waals surface area contributed by atoms with E-state index in [0.29, 0.717) is 34.4 Å². The second-order valence-electron chi connectivity index (χ2n) is 5.63. The average Bonchev–Trinajstić information content (AvgIpc) is 2.61. The first-order chi connectivity index (χ1) is 12.4. The van der Waals surface area contributed by atoms with Crippen LogP contribution in [0.4, 0.5) is 0 Å². The Balaban J connectivity index is 1.98. The van der Waals surface area contributed by atoms with Crippen LogP contribution in [0.5, 0.6) is 5.75 Å². The van der Waals surface area contributed by atoms with Gasteiger partial charge in [-0.15, -0.1) is 11.8 Å². The van der Waals surface area contributed by atoms with Crippen LogP contribution in [0.3, 0.4) is 0 Å². The number of nitrogens with zero attached hydrogens (tertiary/aromatic N) is 1. The van der Waals surface area contributed by atoms with Crippen molar-refractivity contribution in [3.05, 3.63) is 59.1 Å². The third-order valence-corrected chi connectivity index (χ3v) is 5.01. The third-order valence-electron chi connectivity index (χ3n) is 3.61. The molecule has 26 heavy (non-hydrogen) atoms. The summed E-state index contributed by atoms with van der Waals surface area (Å²) < 4.78 is 5.61. The Hall–Kier alpha value is -2.18. The quantitative estimate of drug-likeness (QED) is 0.685. The van der Waals surface area contributed by atoms with Gasteiger partial charge in [-0.1, -0.05) is 29.8 Å². The maximum atomic E-state index is 12.7. The van der Waals surface area contributed by atoms with Gasteiger partial charge in [0.05, 0.1) is 12.1 Å². The molecule has 1 N–H and O–H groups in total. The molecule has 0 radical (unpaired) electrons. The van der Waals surface area contributed by atoms with Crippen LogP contribution in [0, 0.1) is 0 Å². The van der Waals surface area contributed by atoms with Gasteiger partial charge in [0.15, 0.2) is 0 Å². The molecule has 2 aromatic carbocycles. The Morgan fingerprint density at radius 3 is 2.65 bits per heavy atom. The summed E-state index contributed by atoms with van der Waals surface area (Å²) in [5.41, 5.74) is 0.482. The smallest absolute Gasteiger partial charge is 0.316 e. The third kappa shape index (κ3) is 5.68. The predicted molar refractivity (Wildman–Crippen MR) is 103 cm³/mol. The molecule has 0 spiro atoms. The number of carbonyl (C=O) groups excluding carboxylic acids is 1. The number of carboxylic acids is 1. The van der Waals surface area contributed by atoms with Crippen molar-refractivity contribution in [3.63, 3.8) is 0 Å². The summed E-state index contributed by atoms with van der Waals surface area (Å²) in [5, 5.41) is 9.03. The number of rotatable bonds is 8. The summed E-state index contributed by atoms with van der Waals surface area (Å²) in [5.74, 6) is -0.453. The largest absolute Gasteiger partial charge is 0.492 e. The molecule has 5 nitrogen and oxygen atoms in total. The van der Waals surface area contributed by atoms with Crippen LogP contribution in [0.1, 0.15) is 17.3 Å². The van der Waals surface area contributed by atoms with E-state index in [1.165, 1.54) is 0 Å². The summed E-state index contributed by atoms with van der Waals surface area (Å²) in [6.45, 7) is 2.30. The van der Waals surface area contributed by atoms with E-state index >= 15 is 0 Å². The molecule has 0 aromatic heterocycles.